The van der Waals surface area contributed by atoms with Crippen molar-refractivity contribution in [3.05, 3.63) is 24.3 Å². The second kappa shape index (κ2) is 10.0. The summed E-state index contributed by atoms with van der Waals surface area (Å²) in [5.41, 5.74) is 0.656. The average Bonchev–Trinajstić information content (AvgIpc) is 2.48. The fraction of sp³-hybridized carbons (Fsp3) is 0.533. The predicted molar refractivity (Wildman–Crippen MR) is 89.0 cm³/mol. The number of thioether (sulfide) groups is 1. The highest BCUT2D eigenvalue weighted by Gasteiger charge is 2.14. The molecule has 0 bridgehead atoms. The lowest BCUT2D eigenvalue weighted by Gasteiger charge is -2.22. The molecule has 22 heavy (non-hydrogen) atoms. The number of carbonyl (C=O) groups is 1. The monoisotopic (exact) mass is 350 g/mol. The summed E-state index contributed by atoms with van der Waals surface area (Å²) >= 11 is 0.503. The van der Waals surface area contributed by atoms with Crippen molar-refractivity contribution in [3.63, 3.8) is 0 Å². The maximum Gasteiger partial charge on any atom is 0.288 e. The zero-order chi connectivity index (χ0) is 15.1. The Hall–Kier alpha value is -0.850. The molecule has 124 valence electrons. The first-order valence-corrected chi connectivity index (χ1v) is 8.07. The van der Waals surface area contributed by atoms with Crippen LogP contribution in [0.2, 0.25) is 0 Å². The van der Waals surface area contributed by atoms with Crippen LogP contribution in [-0.2, 0) is 4.79 Å². The van der Waals surface area contributed by atoms with Crippen molar-refractivity contribution in [2.45, 2.75) is 36.3 Å². The smallest absolute Gasteiger partial charge is 0.288 e. The number of hydrogen-bond donors (Lipinski definition) is 2. The van der Waals surface area contributed by atoms with Gasteiger partial charge in [-0.05, 0) is 62.5 Å². The molecule has 0 saturated carbocycles. The number of benzene rings is 1. The molecule has 1 aromatic rings. The minimum Gasteiger partial charge on any atom is -0.326 e. The van der Waals surface area contributed by atoms with Gasteiger partial charge < -0.3 is 10.6 Å². The number of rotatable bonds is 6. The fourth-order valence-electron chi connectivity index (χ4n) is 2.45. The van der Waals surface area contributed by atoms with Crippen LogP contribution in [0.15, 0.2) is 29.2 Å². The SMILES string of the molecule is Cl.O=C(CCC1CCNCC1)Nc1ccc(SC(F)F)cc1. The Balaban J connectivity index is 0.00000242. The third kappa shape index (κ3) is 6.94. The molecule has 0 spiro atoms. The number of anilines is 1. The molecular weight excluding hydrogens is 330 g/mol. The van der Waals surface area contributed by atoms with Gasteiger partial charge in [-0.15, -0.1) is 12.4 Å². The Kier molecular flexibility index (Phi) is 8.75. The van der Waals surface area contributed by atoms with E-state index in [0.717, 1.165) is 32.4 Å². The van der Waals surface area contributed by atoms with Gasteiger partial charge in [0.25, 0.3) is 5.76 Å². The Morgan fingerprint density at radius 2 is 1.91 bits per heavy atom. The van der Waals surface area contributed by atoms with Crippen LogP contribution in [0.3, 0.4) is 0 Å². The van der Waals surface area contributed by atoms with Crippen LogP contribution < -0.4 is 10.6 Å². The third-order valence-corrected chi connectivity index (χ3v) is 4.32. The molecule has 0 atom stereocenters. The molecule has 7 heteroatoms. The molecule has 1 amide bonds. The molecule has 0 unspecified atom stereocenters. The molecule has 1 heterocycles. The maximum absolute atomic E-state index is 12.2. The van der Waals surface area contributed by atoms with E-state index < -0.39 is 5.76 Å². The molecule has 1 fully saturated rings. The summed E-state index contributed by atoms with van der Waals surface area (Å²) in [6.45, 7) is 2.07. The average molecular weight is 351 g/mol. The van der Waals surface area contributed by atoms with Gasteiger partial charge in [0.15, 0.2) is 0 Å². The molecule has 1 aromatic carbocycles. The van der Waals surface area contributed by atoms with Gasteiger partial charge >= 0.3 is 0 Å². The lowest BCUT2D eigenvalue weighted by molar-refractivity contribution is -0.116. The van der Waals surface area contributed by atoms with Crippen LogP contribution in [0.1, 0.15) is 25.7 Å². The Labute approximate surface area is 140 Å². The van der Waals surface area contributed by atoms with Crippen LogP contribution in [0, 0.1) is 5.92 Å². The van der Waals surface area contributed by atoms with Gasteiger partial charge in [0.2, 0.25) is 5.91 Å². The maximum atomic E-state index is 12.2. The van der Waals surface area contributed by atoms with E-state index in [-0.39, 0.29) is 18.3 Å². The molecule has 2 N–H and O–H groups in total. The minimum absolute atomic E-state index is 0. The summed E-state index contributed by atoms with van der Waals surface area (Å²) in [6, 6.07) is 6.51. The summed E-state index contributed by atoms with van der Waals surface area (Å²) < 4.78 is 24.4. The van der Waals surface area contributed by atoms with Gasteiger partial charge in [0, 0.05) is 17.0 Å². The highest BCUT2D eigenvalue weighted by molar-refractivity contribution is 7.99. The summed E-state index contributed by atoms with van der Waals surface area (Å²) in [5, 5.41) is 6.12. The van der Waals surface area contributed by atoms with Crippen LogP contribution in [0.4, 0.5) is 14.5 Å². The molecule has 0 aliphatic carbocycles. The van der Waals surface area contributed by atoms with E-state index >= 15 is 0 Å². The van der Waals surface area contributed by atoms with Crippen LogP contribution >= 0.6 is 24.2 Å². The lowest BCUT2D eigenvalue weighted by atomic mass is 9.93. The molecule has 0 radical (unpaired) electrons. The first-order valence-electron chi connectivity index (χ1n) is 7.19. The number of amides is 1. The zero-order valence-electron chi connectivity index (χ0n) is 12.2. The summed E-state index contributed by atoms with van der Waals surface area (Å²) in [7, 11) is 0. The second-order valence-electron chi connectivity index (χ2n) is 5.18. The highest BCUT2D eigenvalue weighted by Crippen LogP contribution is 2.26. The summed E-state index contributed by atoms with van der Waals surface area (Å²) in [6.07, 6.45) is 3.69. The normalized spacial score (nSPS) is 15.4. The van der Waals surface area contributed by atoms with Crippen molar-refractivity contribution in [2.75, 3.05) is 18.4 Å². The molecule has 1 saturated heterocycles. The number of alkyl halides is 2. The summed E-state index contributed by atoms with van der Waals surface area (Å²) in [4.78, 5) is 12.4. The standard InChI is InChI=1S/C15H20F2N2OS.ClH/c16-15(17)21-13-4-2-12(3-5-13)19-14(20)6-1-11-7-9-18-10-8-11;/h2-5,11,15,18H,1,6-10H2,(H,19,20);1H. The number of nitrogens with one attached hydrogen (secondary N) is 2. The van der Waals surface area contributed by atoms with Crippen LogP contribution in [0.5, 0.6) is 0 Å². The van der Waals surface area contributed by atoms with E-state index in [2.05, 4.69) is 10.6 Å². The molecule has 3 nitrogen and oxygen atoms in total. The molecule has 1 aliphatic rings. The van der Waals surface area contributed by atoms with E-state index in [9.17, 15) is 13.6 Å². The summed E-state index contributed by atoms with van der Waals surface area (Å²) in [5.74, 6) is -1.81. The second-order valence-corrected chi connectivity index (χ2v) is 6.25. The van der Waals surface area contributed by atoms with E-state index in [1.807, 2.05) is 0 Å². The minimum atomic E-state index is -2.42. The van der Waals surface area contributed by atoms with Crippen molar-refractivity contribution in [1.29, 1.82) is 0 Å². The van der Waals surface area contributed by atoms with E-state index in [1.54, 1.807) is 24.3 Å². The number of halogens is 3. The van der Waals surface area contributed by atoms with Gasteiger partial charge in [-0.25, -0.2) is 0 Å². The van der Waals surface area contributed by atoms with E-state index in [0.29, 0.717) is 34.7 Å². The Morgan fingerprint density at radius 1 is 1.27 bits per heavy atom. The largest absolute Gasteiger partial charge is 0.326 e. The molecule has 1 aliphatic heterocycles. The Morgan fingerprint density at radius 3 is 2.50 bits per heavy atom. The third-order valence-electron chi connectivity index (χ3n) is 3.60. The van der Waals surface area contributed by atoms with Crippen molar-refractivity contribution in [3.8, 4) is 0 Å². The first-order chi connectivity index (χ1) is 10.1. The van der Waals surface area contributed by atoms with Crippen molar-refractivity contribution in [2.24, 2.45) is 5.92 Å². The topological polar surface area (TPSA) is 41.1 Å². The van der Waals surface area contributed by atoms with Crippen molar-refractivity contribution >= 4 is 35.8 Å². The fourth-order valence-corrected chi connectivity index (χ4v) is 2.95. The highest BCUT2D eigenvalue weighted by atomic mass is 35.5. The van der Waals surface area contributed by atoms with Crippen LogP contribution in [0.25, 0.3) is 0 Å². The predicted octanol–water partition coefficient (Wildman–Crippen LogP) is 4.14. The quantitative estimate of drug-likeness (QED) is 0.757. The molecular formula is C15H21ClF2N2OS. The number of piperidine rings is 1. The van der Waals surface area contributed by atoms with E-state index in [4.69, 9.17) is 0 Å². The lowest BCUT2D eigenvalue weighted by Crippen LogP contribution is -2.28. The van der Waals surface area contributed by atoms with Crippen molar-refractivity contribution in [1.82, 2.24) is 5.32 Å². The molecule has 2 rings (SSSR count). The zero-order valence-corrected chi connectivity index (χ0v) is 13.8. The van der Waals surface area contributed by atoms with Gasteiger partial charge in [-0.3, -0.25) is 4.79 Å². The van der Waals surface area contributed by atoms with Crippen molar-refractivity contribution < 1.29 is 13.6 Å². The van der Waals surface area contributed by atoms with Gasteiger partial charge in [-0.2, -0.15) is 8.78 Å². The van der Waals surface area contributed by atoms with Gasteiger partial charge in [0.05, 0.1) is 0 Å². The number of hydrogen-bond acceptors (Lipinski definition) is 3. The van der Waals surface area contributed by atoms with Gasteiger partial charge in [0.1, 0.15) is 0 Å². The first kappa shape index (κ1) is 19.2. The van der Waals surface area contributed by atoms with Crippen LogP contribution in [-0.4, -0.2) is 24.8 Å². The molecule has 0 aromatic heterocycles. The Bertz CT molecular complexity index is 453. The van der Waals surface area contributed by atoms with Gasteiger partial charge in [-0.1, -0.05) is 11.8 Å². The number of carbonyl (C=O) groups excluding carboxylic acids is 1. The van der Waals surface area contributed by atoms with E-state index in [1.165, 1.54) is 0 Å².